The third-order valence-electron chi connectivity index (χ3n) is 5.15. The maximum absolute atomic E-state index is 5.68. The number of benzene rings is 1. The zero-order valence-corrected chi connectivity index (χ0v) is 17.3. The topological polar surface area (TPSA) is 51.5 Å². The van der Waals surface area contributed by atoms with Gasteiger partial charge in [0.25, 0.3) is 0 Å². The zero-order chi connectivity index (χ0) is 20.2. The van der Waals surface area contributed by atoms with Crippen molar-refractivity contribution in [1.29, 1.82) is 0 Å². The first-order valence-electron chi connectivity index (χ1n) is 9.51. The molecule has 7 heteroatoms. The van der Waals surface area contributed by atoms with Crippen molar-refractivity contribution in [3.8, 4) is 11.4 Å². The summed E-state index contributed by atoms with van der Waals surface area (Å²) in [6, 6.07) is 18.1. The number of methoxy groups -OCH3 is 2. The van der Waals surface area contributed by atoms with Gasteiger partial charge in [-0.1, -0.05) is 12.1 Å². The third kappa shape index (κ3) is 3.83. The van der Waals surface area contributed by atoms with E-state index >= 15 is 0 Å². The normalized spacial score (nSPS) is 18.7. The van der Waals surface area contributed by atoms with Crippen molar-refractivity contribution in [2.75, 3.05) is 27.4 Å². The number of hydrogen-bond donors (Lipinski definition) is 1. The van der Waals surface area contributed by atoms with Crippen LogP contribution in [0.5, 0.6) is 5.75 Å². The molecule has 2 aromatic heterocycles. The van der Waals surface area contributed by atoms with E-state index in [4.69, 9.17) is 21.7 Å². The molecule has 3 heterocycles. The average Bonchev–Trinajstić information content (AvgIpc) is 3.37. The summed E-state index contributed by atoms with van der Waals surface area (Å²) < 4.78 is 12.9. The molecule has 0 spiro atoms. The molecule has 0 radical (unpaired) electrons. The predicted octanol–water partition coefficient (Wildman–Crippen LogP) is 3.50. The van der Waals surface area contributed by atoms with Gasteiger partial charge in [-0.2, -0.15) is 0 Å². The Labute approximate surface area is 176 Å². The lowest BCUT2D eigenvalue weighted by Gasteiger charge is -2.28. The van der Waals surface area contributed by atoms with Gasteiger partial charge in [0, 0.05) is 43.5 Å². The van der Waals surface area contributed by atoms with Crippen molar-refractivity contribution in [1.82, 2.24) is 19.8 Å². The first-order chi connectivity index (χ1) is 14.2. The number of rotatable bonds is 7. The number of thiocarbonyl (C=S) groups is 1. The van der Waals surface area contributed by atoms with Gasteiger partial charge in [0.15, 0.2) is 5.11 Å². The van der Waals surface area contributed by atoms with Crippen LogP contribution in [0.4, 0.5) is 0 Å². The third-order valence-corrected chi connectivity index (χ3v) is 5.50. The average molecular weight is 409 g/mol. The molecule has 1 N–H and O–H groups in total. The molecule has 1 aliphatic rings. The highest BCUT2D eigenvalue weighted by Crippen LogP contribution is 2.39. The molecule has 4 rings (SSSR count). The Balaban J connectivity index is 1.78. The van der Waals surface area contributed by atoms with Crippen LogP contribution in [0, 0.1) is 0 Å². The molecule has 2 atom stereocenters. The molecular weight excluding hydrogens is 384 g/mol. The number of aromatic nitrogens is 2. The smallest absolute Gasteiger partial charge is 0.170 e. The fourth-order valence-electron chi connectivity index (χ4n) is 3.79. The first-order valence-corrected chi connectivity index (χ1v) is 9.92. The lowest BCUT2D eigenvalue weighted by Crippen LogP contribution is -2.33. The Kier molecular flexibility index (Phi) is 5.78. The number of ether oxygens (including phenoxy) is 2. The summed E-state index contributed by atoms with van der Waals surface area (Å²) in [5, 5.41) is 4.18. The molecule has 0 saturated carbocycles. The summed E-state index contributed by atoms with van der Waals surface area (Å²) in [5.41, 5.74) is 3.11. The summed E-state index contributed by atoms with van der Waals surface area (Å²) in [6.07, 6.45) is 3.88. The van der Waals surface area contributed by atoms with E-state index in [9.17, 15) is 0 Å². The first kappa shape index (κ1) is 19.4. The highest BCUT2D eigenvalue weighted by molar-refractivity contribution is 7.80. The molecule has 1 fully saturated rings. The molecule has 1 aliphatic heterocycles. The largest absolute Gasteiger partial charge is 0.497 e. The molecule has 0 amide bonds. The van der Waals surface area contributed by atoms with Gasteiger partial charge in [0.2, 0.25) is 0 Å². The van der Waals surface area contributed by atoms with Crippen molar-refractivity contribution in [2.45, 2.75) is 12.1 Å². The minimum atomic E-state index is -0.0557. The molecule has 0 aliphatic carbocycles. The van der Waals surface area contributed by atoms with Crippen molar-refractivity contribution < 1.29 is 9.47 Å². The Hall–Kier alpha value is -2.90. The fraction of sp³-hybridized carbons (Fsp3) is 0.273. The monoisotopic (exact) mass is 408 g/mol. The molecule has 0 bridgehead atoms. The second-order valence-corrected chi connectivity index (χ2v) is 7.20. The number of nitrogens with one attached hydrogen (secondary N) is 1. The van der Waals surface area contributed by atoms with E-state index in [-0.39, 0.29) is 12.1 Å². The Bertz CT molecular complexity index is 976. The van der Waals surface area contributed by atoms with Crippen LogP contribution in [-0.4, -0.2) is 46.9 Å². The van der Waals surface area contributed by atoms with E-state index in [0.717, 1.165) is 22.8 Å². The van der Waals surface area contributed by atoms with Crippen LogP contribution in [0.1, 0.15) is 23.5 Å². The highest BCUT2D eigenvalue weighted by Gasteiger charge is 2.41. The summed E-state index contributed by atoms with van der Waals surface area (Å²) in [5.74, 6) is 0.819. The van der Waals surface area contributed by atoms with Gasteiger partial charge in [-0.25, -0.2) is 0 Å². The van der Waals surface area contributed by atoms with Crippen molar-refractivity contribution >= 4 is 17.3 Å². The quantitative estimate of drug-likeness (QED) is 0.604. The standard InChI is InChI=1S/C22H24N4O2S/c1-27-14-13-26-21(20(24-22(26)29)18-9-3-4-11-23-18)19-10-6-12-25(19)16-7-5-8-17(15-16)28-2/h3-12,15,20-21H,13-14H2,1-2H3,(H,24,29)/t20-,21+/m0/s1. The number of hydrogen-bond acceptors (Lipinski definition) is 4. The Morgan fingerprint density at radius 1 is 1.10 bits per heavy atom. The summed E-state index contributed by atoms with van der Waals surface area (Å²) in [7, 11) is 3.38. The van der Waals surface area contributed by atoms with E-state index in [1.165, 1.54) is 0 Å². The van der Waals surface area contributed by atoms with Gasteiger partial charge < -0.3 is 24.3 Å². The van der Waals surface area contributed by atoms with Crippen molar-refractivity contribution in [2.24, 2.45) is 0 Å². The Morgan fingerprint density at radius 3 is 2.76 bits per heavy atom. The van der Waals surface area contributed by atoms with Crippen molar-refractivity contribution in [3.63, 3.8) is 0 Å². The number of nitrogens with zero attached hydrogens (tertiary/aromatic N) is 3. The lowest BCUT2D eigenvalue weighted by atomic mass is 10.0. The molecule has 29 heavy (non-hydrogen) atoms. The summed E-state index contributed by atoms with van der Waals surface area (Å²) in [4.78, 5) is 6.78. The minimum absolute atomic E-state index is 0.0197. The van der Waals surface area contributed by atoms with Crippen LogP contribution in [0.3, 0.4) is 0 Å². The zero-order valence-electron chi connectivity index (χ0n) is 16.5. The predicted molar refractivity (Wildman–Crippen MR) is 116 cm³/mol. The molecule has 3 aromatic rings. The van der Waals surface area contributed by atoms with E-state index in [1.807, 2.05) is 42.6 Å². The van der Waals surface area contributed by atoms with E-state index in [1.54, 1.807) is 14.2 Å². The molecule has 0 unspecified atom stereocenters. The number of pyridine rings is 1. The van der Waals surface area contributed by atoms with E-state index in [0.29, 0.717) is 18.3 Å². The lowest BCUT2D eigenvalue weighted by molar-refractivity contribution is 0.163. The van der Waals surface area contributed by atoms with Gasteiger partial charge in [0.1, 0.15) is 5.75 Å². The fourth-order valence-corrected chi connectivity index (χ4v) is 4.12. The van der Waals surface area contributed by atoms with E-state index in [2.05, 4.69) is 44.2 Å². The molecule has 1 aromatic carbocycles. The maximum atomic E-state index is 5.68. The molecule has 1 saturated heterocycles. The Morgan fingerprint density at radius 2 is 2.00 bits per heavy atom. The summed E-state index contributed by atoms with van der Waals surface area (Å²) >= 11 is 5.68. The van der Waals surface area contributed by atoms with Gasteiger partial charge in [-0.15, -0.1) is 0 Å². The second kappa shape index (κ2) is 8.63. The molecular formula is C22H24N4O2S. The molecule has 6 nitrogen and oxygen atoms in total. The van der Waals surface area contributed by atoms with E-state index < -0.39 is 0 Å². The second-order valence-electron chi connectivity index (χ2n) is 6.82. The van der Waals surface area contributed by atoms with Crippen LogP contribution in [0.25, 0.3) is 5.69 Å². The highest BCUT2D eigenvalue weighted by atomic mass is 32.1. The maximum Gasteiger partial charge on any atom is 0.170 e. The summed E-state index contributed by atoms with van der Waals surface area (Å²) in [6.45, 7) is 1.28. The van der Waals surface area contributed by atoms with Crippen LogP contribution >= 0.6 is 12.2 Å². The SMILES string of the molecule is COCCN1C(=S)N[C@@H](c2ccccn2)[C@H]1c1cccn1-c1cccc(OC)c1. The van der Waals surface area contributed by atoms with Gasteiger partial charge in [-0.05, 0) is 48.6 Å². The van der Waals surface area contributed by atoms with Crippen molar-refractivity contribution in [3.05, 3.63) is 78.4 Å². The molecule has 150 valence electrons. The van der Waals surface area contributed by atoms with Crippen LogP contribution in [0.2, 0.25) is 0 Å². The van der Waals surface area contributed by atoms with Crippen LogP contribution < -0.4 is 10.1 Å². The van der Waals surface area contributed by atoms with Gasteiger partial charge >= 0.3 is 0 Å². The van der Waals surface area contributed by atoms with Crippen LogP contribution in [0.15, 0.2) is 67.0 Å². The minimum Gasteiger partial charge on any atom is -0.497 e. The van der Waals surface area contributed by atoms with Gasteiger partial charge in [0.05, 0.1) is 31.5 Å². The van der Waals surface area contributed by atoms with Crippen LogP contribution in [-0.2, 0) is 4.74 Å². The van der Waals surface area contributed by atoms with Gasteiger partial charge in [-0.3, -0.25) is 4.98 Å².